The van der Waals surface area contributed by atoms with Crippen molar-refractivity contribution in [2.24, 2.45) is 0 Å². The lowest BCUT2D eigenvalue weighted by Crippen LogP contribution is -2.25. The van der Waals surface area contributed by atoms with Crippen LogP contribution in [0.2, 0.25) is 0 Å². The van der Waals surface area contributed by atoms with Crippen LogP contribution in [0.1, 0.15) is 20.3 Å². The lowest BCUT2D eigenvalue weighted by atomic mass is 10.3. The molecule has 0 aliphatic rings. The Morgan fingerprint density at radius 2 is 1.62 bits per heavy atom. The van der Waals surface area contributed by atoms with Crippen LogP contribution in [0.15, 0.2) is 29.2 Å². The van der Waals surface area contributed by atoms with Gasteiger partial charge in [-0.1, -0.05) is 13.8 Å². The van der Waals surface area contributed by atoms with Crippen LogP contribution in [0.4, 0.5) is 5.69 Å². The van der Waals surface area contributed by atoms with Crippen molar-refractivity contribution in [2.75, 3.05) is 45.6 Å². The van der Waals surface area contributed by atoms with E-state index in [-0.39, 0.29) is 0 Å². The molecule has 0 saturated carbocycles. The second kappa shape index (κ2) is 8.36. The van der Waals surface area contributed by atoms with Gasteiger partial charge in [0.05, 0.1) is 4.90 Å². The largest absolute Gasteiger partial charge is 0.385 e. The number of hydrogen-bond donors (Lipinski definition) is 1. The first-order valence-electron chi connectivity index (χ1n) is 7.40. The van der Waals surface area contributed by atoms with E-state index in [1.807, 2.05) is 12.1 Å². The van der Waals surface area contributed by atoms with Crippen molar-refractivity contribution < 1.29 is 8.42 Å². The molecule has 0 radical (unpaired) electrons. The van der Waals surface area contributed by atoms with Crippen molar-refractivity contribution in [3.63, 3.8) is 0 Å². The average Bonchev–Trinajstić information content (AvgIpc) is 2.47. The standard InChI is InChI=1S/C15H27N3O2S/c1-5-18(6-2)13-7-12-16-14-8-10-15(11-9-14)21(19,20)17(3)4/h8-11,16H,5-7,12-13H2,1-4H3. The van der Waals surface area contributed by atoms with E-state index < -0.39 is 10.0 Å². The number of nitrogens with zero attached hydrogens (tertiary/aromatic N) is 2. The summed E-state index contributed by atoms with van der Waals surface area (Å²) < 4.78 is 25.1. The van der Waals surface area contributed by atoms with Crippen molar-refractivity contribution in [1.82, 2.24) is 9.21 Å². The van der Waals surface area contributed by atoms with Crippen LogP contribution in [0, 0.1) is 0 Å². The molecule has 0 spiro atoms. The number of hydrogen-bond acceptors (Lipinski definition) is 4. The Labute approximate surface area is 129 Å². The summed E-state index contributed by atoms with van der Waals surface area (Å²) in [4.78, 5) is 2.70. The molecule has 0 bridgehead atoms. The predicted molar refractivity (Wildman–Crippen MR) is 88.2 cm³/mol. The normalized spacial score (nSPS) is 12.1. The summed E-state index contributed by atoms with van der Waals surface area (Å²) in [6.45, 7) is 8.45. The minimum atomic E-state index is -3.34. The quantitative estimate of drug-likeness (QED) is 0.709. The van der Waals surface area contributed by atoms with Gasteiger partial charge in [-0.25, -0.2) is 12.7 Å². The van der Waals surface area contributed by atoms with Crippen LogP contribution in [-0.4, -0.2) is 57.9 Å². The molecule has 1 N–H and O–H groups in total. The molecule has 0 atom stereocenters. The molecule has 21 heavy (non-hydrogen) atoms. The number of rotatable bonds is 9. The van der Waals surface area contributed by atoms with Gasteiger partial charge in [0.1, 0.15) is 0 Å². The molecule has 0 fully saturated rings. The van der Waals surface area contributed by atoms with Gasteiger partial charge in [-0.05, 0) is 50.3 Å². The van der Waals surface area contributed by atoms with Crippen LogP contribution in [0.5, 0.6) is 0 Å². The summed E-state index contributed by atoms with van der Waals surface area (Å²) in [6.07, 6.45) is 1.07. The fraction of sp³-hybridized carbons (Fsp3) is 0.600. The Kier molecular flexibility index (Phi) is 7.14. The molecule has 1 aromatic rings. The van der Waals surface area contributed by atoms with Gasteiger partial charge < -0.3 is 10.2 Å². The van der Waals surface area contributed by atoms with E-state index in [0.29, 0.717) is 4.90 Å². The van der Waals surface area contributed by atoms with Crippen molar-refractivity contribution in [1.29, 1.82) is 0 Å². The third-order valence-electron chi connectivity index (χ3n) is 3.51. The minimum Gasteiger partial charge on any atom is -0.385 e. The highest BCUT2D eigenvalue weighted by atomic mass is 32.2. The molecule has 0 aliphatic heterocycles. The lowest BCUT2D eigenvalue weighted by molar-refractivity contribution is 0.303. The topological polar surface area (TPSA) is 52.7 Å². The number of sulfonamides is 1. The first kappa shape index (κ1) is 17.9. The highest BCUT2D eigenvalue weighted by Crippen LogP contribution is 2.16. The fourth-order valence-electron chi connectivity index (χ4n) is 2.03. The molecule has 0 amide bonds. The Balaban J connectivity index is 2.49. The Morgan fingerprint density at radius 3 is 2.10 bits per heavy atom. The van der Waals surface area contributed by atoms with Crippen LogP contribution >= 0.6 is 0 Å². The van der Waals surface area contributed by atoms with Gasteiger partial charge in [0.2, 0.25) is 10.0 Å². The summed E-state index contributed by atoms with van der Waals surface area (Å²) in [5.41, 5.74) is 0.951. The van der Waals surface area contributed by atoms with Gasteiger partial charge in [0.15, 0.2) is 0 Å². The summed E-state index contributed by atoms with van der Waals surface area (Å²) in [5.74, 6) is 0. The molecule has 1 rings (SSSR count). The molecular weight excluding hydrogens is 286 g/mol. The Bertz CT molecular complexity index is 508. The molecule has 1 aromatic carbocycles. The second-order valence-corrected chi connectivity index (χ2v) is 7.27. The van der Waals surface area contributed by atoms with E-state index >= 15 is 0 Å². The molecule has 6 heteroatoms. The Morgan fingerprint density at radius 1 is 1.05 bits per heavy atom. The van der Waals surface area contributed by atoms with Gasteiger partial charge in [0.25, 0.3) is 0 Å². The summed E-state index contributed by atoms with van der Waals surface area (Å²) in [6, 6.07) is 6.91. The van der Waals surface area contributed by atoms with E-state index in [9.17, 15) is 8.42 Å². The molecule has 0 saturated heterocycles. The van der Waals surface area contributed by atoms with Crippen molar-refractivity contribution in [3.05, 3.63) is 24.3 Å². The van der Waals surface area contributed by atoms with Gasteiger partial charge in [-0.2, -0.15) is 0 Å². The first-order chi connectivity index (χ1) is 9.91. The van der Waals surface area contributed by atoms with Gasteiger partial charge >= 0.3 is 0 Å². The van der Waals surface area contributed by atoms with Crippen molar-refractivity contribution in [2.45, 2.75) is 25.2 Å². The molecule has 0 heterocycles. The van der Waals surface area contributed by atoms with E-state index in [0.717, 1.165) is 38.3 Å². The maximum atomic E-state index is 11.9. The van der Waals surface area contributed by atoms with Crippen LogP contribution in [0.25, 0.3) is 0 Å². The van der Waals surface area contributed by atoms with E-state index in [4.69, 9.17) is 0 Å². The van der Waals surface area contributed by atoms with E-state index in [2.05, 4.69) is 24.1 Å². The second-order valence-electron chi connectivity index (χ2n) is 5.12. The summed E-state index contributed by atoms with van der Waals surface area (Å²) >= 11 is 0. The van der Waals surface area contributed by atoms with Crippen LogP contribution < -0.4 is 5.32 Å². The third-order valence-corrected chi connectivity index (χ3v) is 5.34. The zero-order valence-electron chi connectivity index (χ0n) is 13.5. The third kappa shape index (κ3) is 5.30. The molecule has 0 aliphatic carbocycles. The molecular formula is C15H27N3O2S. The molecule has 120 valence electrons. The van der Waals surface area contributed by atoms with Crippen molar-refractivity contribution in [3.8, 4) is 0 Å². The molecule has 0 unspecified atom stereocenters. The number of benzene rings is 1. The van der Waals surface area contributed by atoms with Crippen LogP contribution in [-0.2, 0) is 10.0 Å². The SMILES string of the molecule is CCN(CC)CCCNc1ccc(S(=O)(=O)N(C)C)cc1. The highest BCUT2D eigenvalue weighted by Gasteiger charge is 2.16. The maximum Gasteiger partial charge on any atom is 0.242 e. The zero-order valence-corrected chi connectivity index (χ0v) is 14.3. The van der Waals surface area contributed by atoms with Gasteiger partial charge in [0, 0.05) is 26.3 Å². The van der Waals surface area contributed by atoms with Gasteiger partial charge in [-0.3, -0.25) is 0 Å². The van der Waals surface area contributed by atoms with Crippen LogP contribution in [0.3, 0.4) is 0 Å². The first-order valence-corrected chi connectivity index (χ1v) is 8.84. The number of anilines is 1. The molecule has 0 aromatic heterocycles. The number of nitrogens with one attached hydrogen (secondary N) is 1. The summed E-state index contributed by atoms with van der Waals surface area (Å²) in [7, 11) is -0.265. The average molecular weight is 313 g/mol. The zero-order chi connectivity index (χ0) is 15.9. The van der Waals surface area contributed by atoms with Crippen molar-refractivity contribution >= 4 is 15.7 Å². The fourth-order valence-corrected chi connectivity index (χ4v) is 2.93. The minimum absolute atomic E-state index is 0.321. The Hall–Kier alpha value is -1.11. The highest BCUT2D eigenvalue weighted by molar-refractivity contribution is 7.89. The summed E-state index contributed by atoms with van der Waals surface area (Å²) in [5, 5.41) is 3.32. The smallest absolute Gasteiger partial charge is 0.242 e. The van der Waals surface area contributed by atoms with E-state index in [1.54, 1.807) is 12.1 Å². The van der Waals surface area contributed by atoms with Gasteiger partial charge in [-0.15, -0.1) is 0 Å². The lowest BCUT2D eigenvalue weighted by Gasteiger charge is -2.18. The molecule has 5 nitrogen and oxygen atoms in total. The van der Waals surface area contributed by atoms with E-state index in [1.165, 1.54) is 18.4 Å². The monoisotopic (exact) mass is 313 g/mol. The maximum absolute atomic E-state index is 11.9. The predicted octanol–water partition coefficient (Wildman–Crippen LogP) is 2.08.